The van der Waals surface area contributed by atoms with Gasteiger partial charge in [-0.2, -0.15) is 5.10 Å². The van der Waals surface area contributed by atoms with Crippen LogP contribution in [0, 0.1) is 15.5 Å². The van der Waals surface area contributed by atoms with Gasteiger partial charge >= 0.3 is 0 Å². The maximum absolute atomic E-state index is 5.98. The third-order valence-electron chi connectivity index (χ3n) is 3.17. The molecule has 0 radical (unpaired) electrons. The SMILES string of the molecule is CC1CCCC(Cn2cc(Cl)c(I)n2)C1. The van der Waals surface area contributed by atoms with Gasteiger partial charge in [0.1, 0.15) is 3.70 Å². The number of hydrogen-bond donors (Lipinski definition) is 0. The zero-order chi connectivity index (χ0) is 10.8. The first kappa shape index (κ1) is 11.7. The summed E-state index contributed by atoms with van der Waals surface area (Å²) in [5.74, 6) is 1.68. The Morgan fingerprint density at radius 1 is 1.60 bits per heavy atom. The van der Waals surface area contributed by atoms with Gasteiger partial charge in [0, 0.05) is 12.7 Å². The standard InChI is InChI=1S/C11H16ClIN2/c1-8-3-2-4-9(5-8)6-15-7-10(12)11(13)14-15/h7-9H,2-6H2,1H3. The molecule has 2 atom stereocenters. The van der Waals surface area contributed by atoms with Crippen LogP contribution >= 0.6 is 34.2 Å². The van der Waals surface area contributed by atoms with E-state index in [-0.39, 0.29) is 0 Å². The molecule has 1 saturated carbocycles. The first-order chi connectivity index (χ1) is 7.15. The molecule has 0 spiro atoms. The Hall–Kier alpha value is 0.230. The lowest BCUT2D eigenvalue weighted by molar-refractivity contribution is 0.250. The zero-order valence-corrected chi connectivity index (χ0v) is 11.8. The van der Waals surface area contributed by atoms with Gasteiger partial charge in [0.2, 0.25) is 0 Å². The van der Waals surface area contributed by atoms with Gasteiger partial charge in [-0.3, -0.25) is 4.68 Å². The average Bonchev–Trinajstić information content (AvgIpc) is 2.45. The lowest BCUT2D eigenvalue weighted by Crippen LogP contribution is -2.18. The summed E-state index contributed by atoms with van der Waals surface area (Å²) in [6.45, 7) is 3.39. The fourth-order valence-corrected chi connectivity index (χ4v) is 3.02. The largest absolute Gasteiger partial charge is 0.270 e. The van der Waals surface area contributed by atoms with E-state index in [0.29, 0.717) is 0 Å². The molecule has 0 saturated heterocycles. The van der Waals surface area contributed by atoms with E-state index in [4.69, 9.17) is 11.6 Å². The summed E-state index contributed by atoms with van der Waals surface area (Å²) < 4.78 is 2.92. The summed E-state index contributed by atoms with van der Waals surface area (Å²) in [7, 11) is 0. The van der Waals surface area contributed by atoms with Crippen molar-refractivity contribution in [3.63, 3.8) is 0 Å². The highest BCUT2D eigenvalue weighted by molar-refractivity contribution is 14.1. The van der Waals surface area contributed by atoms with Crippen molar-refractivity contribution in [2.45, 2.75) is 39.2 Å². The molecule has 4 heteroatoms. The molecule has 0 aliphatic heterocycles. The molecule has 0 N–H and O–H groups in total. The van der Waals surface area contributed by atoms with Crippen molar-refractivity contribution in [1.29, 1.82) is 0 Å². The van der Waals surface area contributed by atoms with Crippen LogP contribution in [0.1, 0.15) is 32.6 Å². The van der Waals surface area contributed by atoms with Crippen LogP contribution in [0.3, 0.4) is 0 Å². The van der Waals surface area contributed by atoms with Gasteiger partial charge in [-0.1, -0.05) is 31.4 Å². The Kier molecular flexibility index (Phi) is 3.93. The molecule has 2 unspecified atom stereocenters. The summed E-state index contributed by atoms with van der Waals surface area (Å²) in [5.41, 5.74) is 0. The van der Waals surface area contributed by atoms with Gasteiger partial charge in [-0.25, -0.2) is 0 Å². The fraction of sp³-hybridized carbons (Fsp3) is 0.727. The maximum Gasteiger partial charge on any atom is 0.141 e. The van der Waals surface area contributed by atoms with E-state index in [1.165, 1.54) is 25.7 Å². The van der Waals surface area contributed by atoms with E-state index in [0.717, 1.165) is 27.1 Å². The van der Waals surface area contributed by atoms with Crippen molar-refractivity contribution in [3.05, 3.63) is 14.9 Å². The second kappa shape index (κ2) is 5.04. The second-order valence-electron chi connectivity index (χ2n) is 4.63. The number of rotatable bonds is 2. The lowest BCUT2D eigenvalue weighted by atomic mass is 9.82. The van der Waals surface area contributed by atoms with Gasteiger partial charge in [0.05, 0.1) is 5.02 Å². The molecule has 0 bridgehead atoms. The molecule has 84 valence electrons. The highest BCUT2D eigenvalue weighted by Crippen LogP contribution is 2.30. The minimum atomic E-state index is 0.777. The van der Waals surface area contributed by atoms with E-state index >= 15 is 0 Å². The minimum absolute atomic E-state index is 0.777. The summed E-state index contributed by atoms with van der Waals surface area (Å²) >= 11 is 8.16. The van der Waals surface area contributed by atoms with Crippen LogP contribution in [0.25, 0.3) is 0 Å². The molecule has 1 fully saturated rings. The number of aromatic nitrogens is 2. The number of halogens is 2. The first-order valence-corrected chi connectivity index (χ1v) is 6.99. The van der Waals surface area contributed by atoms with Crippen LogP contribution in [0.15, 0.2) is 6.20 Å². The van der Waals surface area contributed by atoms with Gasteiger partial charge in [-0.15, -0.1) is 0 Å². The third kappa shape index (κ3) is 3.09. The maximum atomic E-state index is 5.98. The summed E-state index contributed by atoms with van der Waals surface area (Å²) in [4.78, 5) is 0. The Bertz CT molecular complexity index is 318. The summed E-state index contributed by atoms with van der Waals surface area (Å²) in [5, 5.41) is 5.18. The molecule has 1 aliphatic rings. The fourth-order valence-electron chi connectivity index (χ4n) is 2.46. The average molecular weight is 339 g/mol. The van der Waals surface area contributed by atoms with E-state index < -0.39 is 0 Å². The van der Waals surface area contributed by atoms with Crippen LogP contribution in [-0.2, 0) is 6.54 Å². The summed E-state index contributed by atoms with van der Waals surface area (Å²) in [6.07, 6.45) is 7.40. The predicted octanol–water partition coefficient (Wildman–Crippen LogP) is 3.97. The molecule has 1 aliphatic carbocycles. The molecular weight excluding hydrogens is 322 g/mol. The van der Waals surface area contributed by atoms with Crippen LogP contribution in [0.4, 0.5) is 0 Å². The Morgan fingerprint density at radius 3 is 3.00 bits per heavy atom. The topological polar surface area (TPSA) is 17.8 Å². The van der Waals surface area contributed by atoms with Crippen molar-refractivity contribution in [2.75, 3.05) is 0 Å². The highest BCUT2D eigenvalue weighted by Gasteiger charge is 2.19. The quantitative estimate of drug-likeness (QED) is 0.746. The summed E-state index contributed by atoms with van der Waals surface area (Å²) in [6, 6.07) is 0. The number of nitrogens with zero attached hydrogens (tertiary/aromatic N) is 2. The molecule has 2 nitrogen and oxygen atoms in total. The normalized spacial score (nSPS) is 26.9. The Labute approximate surface area is 110 Å². The molecule has 1 heterocycles. The lowest BCUT2D eigenvalue weighted by Gasteiger charge is -2.26. The van der Waals surface area contributed by atoms with Gasteiger partial charge in [0.15, 0.2) is 0 Å². The van der Waals surface area contributed by atoms with Crippen LogP contribution < -0.4 is 0 Å². The second-order valence-corrected chi connectivity index (χ2v) is 6.06. The molecule has 0 amide bonds. The Balaban J connectivity index is 1.96. The molecule has 1 aromatic heterocycles. The highest BCUT2D eigenvalue weighted by atomic mass is 127. The van der Waals surface area contributed by atoms with Crippen molar-refractivity contribution in [3.8, 4) is 0 Å². The van der Waals surface area contributed by atoms with Crippen molar-refractivity contribution < 1.29 is 0 Å². The molecule has 15 heavy (non-hydrogen) atoms. The van der Waals surface area contributed by atoms with Crippen LogP contribution in [-0.4, -0.2) is 9.78 Å². The third-order valence-corrected chi connectivity index (χ3v) is 4.56. The van der Waals surface area contributed by atoms with Crippen LogP contribution in [0.2, 0.25) is 5.02 Å². The zero-order valence-electron chi connectivity index (χ0n) is 8.92. The van der Waals surface area contributed by atoms with E-state index in [2.05, 4.69) is 34.6 Å². The van der Waals surface area contributed by atoms with Gasteiger partial charge in [-0.05, 0) is 47.3 Å². The number of hydrogen-bond acceptors (Lipinski definition) is 1. The van der Waals surface area contributed by atoms with E-state index in [1.807, 2.05) is 10.9 Å². The van der Waals surface area contributed by atoms with Gasteiger partial charge in [0.25, 0.3) is 0 Å². The van der Waals surface area contributed by atoms with Gasteiger partial charge < -0.3 is 0 Å². The van der Waals surface area contributed by atoms with Crippen molar-refractivity contribution >= 4 is 34.2 Å². The Morgan fingerprint density at radius 2 is 2.40 bits per heavy atom. The molecule has 1 aromatic rings. The predicted molar refractivity (Wildman–Crippen MR) is 71.1 cm³/mol. The monoisotopic (exact) mass is 338 g/mol. The minimum Gasteiger partial charge on any atom is -0.270 e. The first-order valence-electron chi connectivity index (χ1n) is 5.53. The molecule has 2 rings (SSSR count). The van der Waals surface area contributed by atoms with E-state index in [9.17, 15) is 0 Å². The van der Waals surface area contributed by atoms with E-state index in [1.54, 1.807) is 0 Å². The van der Waals surface area contributed by atoms with Crippen LogP contribution in [0.5, 0.6) is 0 Å². The van der Waals surface area contributed by atoms with Crippen molar-refractivity contribution in [2.24, 2.45) is 11.8 Å². The van der Waals surface area contributed by atoms with Crippen molar-refractivity contribution in [1.82, 2.24) is 9.78 Å². The molecular formula is C11H16ClIN2. The smallest absolute Gasteiger partial charge is 0.141 e. The molecule has 0 aromatic carbocycles.